The van der Waals surface area contributed by atoms with Crippen molar-refractivity contribution in [2.75, 3.05) is 20.5 Å². The zero-order chi connectivity index (χ0) is 20.7. The smallest absolute Gasteiger partial charge is 0.0394 e. The van der Waals surface area contributed by atoms with Gasteiger partial charge in [-0.05, 0) is 48.2 Å². The minimum atomic E-state index is -2.66. The molecule has 0 saturated heterocycles. The number of halogens is 1. The van der Waals surface area contributed by atoms with Crippen LogP contribution in [0.4, 0.5) is 0 Å². The predicted octanol–water partition coefficient (Wildman–Crippen LogP) is 5.13. The van der Waals surface area contributed by atoms with Crippen LogP contribution in [0.1, 0.15) is 50.7 Å². The first kappa shape index (κ1) is 11.1. The summed E-state index contributed by atoms with van der Waals surface area (Å²) in [7, 11) is 0. The van der Waals surface area contributed by atoms with E-state index in [2.05, 4.69) is 38.1 Å². The second kappa shape index (κ2) is 6.90. The monoisotopic (exact) mass is 333 g/mol. The van der Waals surface area contributed by atoms with Crippen LogP contribution in [0.5, 0.6) is 0 Å². The zero-order valence-corrected chi connectivity index (χ0v) is 14.3. The Bertz CT molecular complexity index is 833. The van der Waals surface area contributed by atoms with Gasteiger partial charge in [-0.2, -0.15) is 0 Å². The molecule has 122 valence electrons. The molecule has 0 saturated carbocycles. The lowest BCUT2D eigenvalue weighted by Gasteiger charge is -2.36. The first-order valence-electron chi connectivity index (χ1n) is 10.6. The van der Waals surface area contributed by atoms with E-state index in [9.17, 15) is 0 Å². The van der Waals surface area contributed by atoms with Crippen LogP contribution in [0.3, 0.4) is 0 Å². The molecule has 0 N–H and O–H groups in total. The van der Waals surface area contributed by atoms with E-state index < -0.39 is 14.0 Å². The van der Waals surface area contributed by atoms with Crippen LogP contribution in [0.2, 0.25) is 0 Å². The third-order valence-electron chi connectivity index (χ3n) is 4.48. The second-order valence-electron chi connectivity index (χ2n) is 6.27. The summed E-state index contributed by atoms with van der Waals surface area (Å²) >= 11 is 0. The van der Waals surface area contributed by atoms with E-state index >= 15 is 0 Å². The summed E-state index contributed by atoms with van der Waals surface area (Å²) < 4.78 is 45.2. The fourth-order valence-corrected chi connectivity index (χ4v) is 3.37. The van der Waals surface area contributed by atoms with Crippen LogP contribution in [0, 0.1) is 0 Å². The molecular weight excluding hydrogens is 302 g/mol. The van der Waals surface area contributed by atoms with Gasteiger partial charge in [-0.25, -0.2) is 0 Å². The molecule has 0 spiro atoms. The number of hydrogen-bond donors (Lipinski definition) is 0. The molecule has 2 aromatic carbocycles. The molecule has 0 radical (unpaired) electrons. The topological polar surface area (TPSA) is 3.24 Å². The SMILES string of the molecule is Cl.[2H]C([2H])([2H])N(CCC=C1c2ccccc2C(C)(C)c2ccccc21)C([2H])([2H])[2H]. The van der Waals surface area contributed by atoms with Crippen molar-refractivity contribution in [3.63, 3.8) is 0 Å². The van der Waals surface area contributed by atoms with E-state index in [1.807, 2.05) is 30.3 Å². The Morgan fingerprint density at radius 1 is 0.957 bits per heavy atom. The van der Waals surface area contributed by atoms with Gasteiger partial charge in [0.15, 0.2) is 0 Å². The summed E-state index contributed by atoms with van der Waals surface area (Å²) in [4.78, 5) is 0.613. The van der Waals surface area contributed by atoms with Crippen molar-refractivity contribution < 1.29 is 8.22 Å². The van der Waals surface area contributed by atoms with Crippen molar-refractivity contribution in [2.45, 2.75) is 25.7 Å². The van der Waals surface area contributed by atoms with Crippen LogP contribution in [-0.4, -0.2) is 25.4 Å². The molecule has 0 aliphatic heterocycles. The first-order valence-corrected chi connectivity index (χ1v) is 7.62. The van der Waals surface area contributed by atoms with Gasteiger partial charge < -0.3 is 4.90 Å². The minimum absolute atomic E-state index is 0. The minimum Gasteiger partial charge on any atom is -0.309 e. The number of nitrogens with zero attached hydrogens (tertiary/aromatic N) is 1. The Morgan fingerprint density at radius 2 is 1.48 bits per heavy atom. The maximum Gasteiger partial charge on any atom is 0.0394 e. The van der Waals surface area contributed by atoms with Gasteiger partial charge in [-0.3, -0.25) is 0 Å². The van der Waals surface area contributed by atoms with Gasteiger partial charge in [0.05, 0.1) is 0 Å². The number of rotatable bonds is 3. The van der Waals surface area contributed by atoms with Crippen molar-refractivity contribution in [2.24, 2.45) is 0 Å². The predicted molar refractivity (Wildman–Crippen MR) is 103 cm³/mol. The lowest BCUT2D eigenvalue weighted by Crippen LogP contribution is -2.26. The quantitative estimate of drug-likeness (QED) is 0.752. The first-order chi connectivity index (χ1) is 12.9. The molecule has 0 bridgehead atoms. The van der Waals surface area contributed by atoms with Crippen LogP contribution in [0.25, 0.3) is 5.57 Å². The third-order valence-corrected chi connectivity index (χ3v) is 4.48. The van der Waals surface area contributed by atoms with E-state index in [4.69, 9.17) is 8.22 Å². The Kier molecular flexibility index (Phi) is 3.32. The largest absolute Gasteiger partial charge is 0.309 e. The van der Waals surface area contributed by atoms with Crippen LogP contribution in [-0.2, 0) is 5.41 Å². The highest BCUT2D eigenvalue weighted by Gasteiger charge is 2.33. The lowest BCUT2D eigenvalue weighted by atomic mass is 9.67. The molecule has 1 nitrogen and oxygen atoms in total. The molecule has 2 aromatic rings. The second-order valence-corrected chi connectivity index (χ2v) is 6.27. The van der Waals surface area contributed by atoms with Gasteiger partial charge in [0.2, 0.25) is 0 Å². The summed E-state index contributed by atoms with van der Waals surface area (Å²) in [5.74, 6) is 0. The molecule has 0 atom stereocenters. The van der Waals surface area contributed by atoms with E-state index in [-0.39, 0.29) is 24.4 Å². The van der Waals surface area contributed by atoms with Gasteiger partial charge in [0.25, 0.3) is 0 Å². The van der Waals surface area contributed by atoms with Gasteiger partial charge in [0, 0.05) is 20.2 Å². The Labute approximate surface area is 154 Å². The Morgan fingerprint density at radius 3 is 2.00 bits per heavy atom. The zero-order valence-electron chi connectivity index (χ0n) is 19.5. The number of fused-ring (bicyclic) bond motifs is 2. The van der Waals surface area contributed by atoms with Gasteiger partial charge in [-0.15, -0.1) is 12.4 Å². The average molecular weight is 334 g/mol. The van der Waals surface area contributed by atoms with Crippen molar-refractivity contribution in [3.8, 4) is 0 Å². The fraction of sp³-hybridized carbons (Fsp3) is 0.333. The molecule has 2 heteroatoms. The highest BCUT2D eigenvalue weighted by atomic mass is 35.5. The maximum absolute atomic E-state index is 7.53. The Hall–Kier alpha value is -1.57. The molecule has 1 aliphatic rings. The van der Waals surface area contributed by atoms with Crippen molar-refractivity contribution in [1.82, 2.24) is 4.90 Å². The average Bonchev–Trinajstić information content (AvgIpc) is 2.59. The molecule has 0 heterocycles. The summed E-state index contributed by atoms with van der Waals surface area (Å²) in [5, 5.41) is 0. The van der Waals surface area contributed by atoms with Crippen LogP contribution < -0.4 is 0 Å². The highest BCUT2D eigenvalue weighted by Crippen LogP contribution is 2.46. The summed E-state index contributed by atoms with van der Waals surface area (Å²) in [5.41, 5.74) is 5.53. The van der Waals surface area contributed by atoms with E-state index in [1.165, 1.54) is 11.1 Å². The molecule has 23 heavy (non-hydrogen) atoms. The molecule has 0 amide bonds. The third kappa shape index (κ3) is 3.22. The number of hydrogen-bond acceptors (Lipinski definition) is 1. The maximum atomic E-state index is 7.53. The molecule has 3 rings (SSSR count). The van der Waals surface area contributed by atoms with Crippen LogP contribution >= 0.6 is 12.4 Å². The van der Waals surface area contributed by atoms with Gasteiger partial charge in [-0.1, -0.05) is 68.5 Å². The van der Waals surface area contributed by atoms with Crippen molar-refractivity contribution in [1.29, 1.82) is 0 Å². The number of benzene rings is 2. The molecular formula is C21H26ClN. The molecule has 0 aromatic heterocycles. The van der Waals surface area contributed by atoms with Crippen LogP contribution in [0.15, 0.2) is 54.6 Å². The van der Waals surface area contributed by atoms with E-state index in [1.54, 1.807) is 0 Å². The molecule has 1 aliphatic carbocycles. The van der Waals surface area contributed by atoms with Gasteiger partial charge >= 0.3 is 0 Å². The van der Waals surface area contributed by atoms with E-state index in [0.717, 1.165) is 16.7 Å². The lowest BCUT2D eigenvalue weighted by molar-refractivity contribution is 0.417. The summed E-state index contributed by atoms with van der Waals surface area (Å²) in [6.07, 6.45) is 2.30. The summed E-state index contributed by atoms with van der Waals surface area (Å²) in [6, 6.07) is 16.4. The van der Waals surface area contributed by atoms with Crippen molar-refractivity contribution in [3.05, 3.63) is 76.9 Å². The van der Waals surface area contributed by atoms with Crippen molar-refractivity contribution >= 4 is 18.0 Å². The molecule has 0 unspecified atom stereocenters. The molecule has 0 fully saturated rings. The normalized spacial score (nSPS) is 19.7. The van der Waals surface area contributed by atoms with Gasteiger partial charge in [0.1, 0.15) is 0 Å². The standard InChI is InChI=1S/C21H25N.ClH/c1-21(2)19-13-7-5-10-17(19)16(12-9-15-22(3)4)18-11-6-8-14-20(18)21;/h5-8,10-14H,9,15H2,1-4H3;1H/i3D3,4D3;. The Balaban J connectivity index is 0.00000300. The highest BCUT2D eigenvalue weighted by molar-refractivity contribution is 5.87. The fourth-order valence-electron chi connectivity index (χ4n) is 3.37. The summed E-state index contributed by atoms with van der Waals surface area (Å²) in [6.45, 7) is -0.981. The van der Waals surface area contributed by atoms with E-state index in [0.29, 0.717) is 11.3 Å².